The van der Waals surface area contributed by atoms with E-state index < -0.39 is 0 Å². The number of hydrogen-bond donors (Lipinski definition) is 1. The average molecular weight is 420 g/mol. The molecule has 7 heteroatoms. The number of nitrogens with one attached hydrogen (secondary N) is 1. The van der Waals surface area contributed by atoms with Crippen LogP contribution in [0, 0.1) is 12.7 Å². The highest BCUT2D eigenvalue weighted by molar-refractivity contribution is 9.10. The van der Waals surface area contributed by atoms with Crippen molar-refractivity contribution in [2.24, 2.45) is 5.10 Å². The molecule has 0 unspecified atom stereocenters. The average Bonchev–Trinajstić information content (AvgIpc) is 2.97. The lowest BCUT2D eigenvalue weighted by atomic mass is 10.1. The maximum absolute atomic E-state index is 13.8. The molecule has 0 aliphatic rings. The van der Waals surface area contributed by atoms with Crippen LogP contribution in [-0.2, 0) is 0 Å². The van der Waals surface area contributed by atoms with E-state index in [1.165, 1.54) is 23.6 Å². The van der Waals surface area contributed by atoms with Crippen molar-refractivity contribution in [3.05, 3.63) is 63.2 Å². The molecule has 25 heavy (non-hydrogen) atoms. The Kier molecular flexibility index (Phi) is 5.45. The van der Waals surface area contributed by atoms with Crippen LogP contribution >= 0.6 is 27.3 Å². The van der Waals surface area contributed by atoms with E-state index in [1.54, 1.807) is 19.2 Å². The fraction of sp³-hybridized carbons (Fsp3) is 0.111. The predicted molar refractivity (Wildman–Crippen MR) is 104 cm³/mol. The lowest BCUT2D eigenvalue weighted by molar-refractivity contribution is 0.415. The maximum atomic E-state index is 13.8. The number of rotatable bonds is 5. The predicted octanol–water partition coefficient (Wildman–Crippen LogP) is 5.47. The van der Waals surface area contributed by atoms with Gasteiger partial charge in [-0.2, -0.15) is 5.10 Å². The molecule has 0 bridgehead atoms. The number of nitrogens with zero attached hydrogens (tertiary/aromatic N) is 2. The number of benzene rings is 2. The molecule has 0 amide bonds. The van der Waals surface area contributed by atoms with Crippen molar-refractivity contribution in [1.82, 2.24) is 4.98 Å². The number of anilines is 1. The minimum Gasteiger partial charge on any atom is -0.497 e. The maximum Gasteiger partial charge on any atom is 0.204 e. The van der Waals surface area contributed by atoms with Gasteiger partial charge in [-0.15, -0.1) is 11.3 Å². The van der Waals surface area contributed by atoms with Crippen molar-refractivity contribution in [1.29, 1.82) is 0 Å². The van der Waals surface area contributed by atoms with Crippen molar-refractivity contribution in [2.75, 3.05) is 12.5 Å². The molecular formula is C18H15BrFN3OS. The Labute approximate surface area is 157 Å². The van der Waals surface area contributed by atoms with Crippen LogP contribution in [0.15, 0.2) is 52.0 Å². The van der Waals surface area contributed by atoms with Gasteiger partial charge in [0.15, 0.2) is 0 Å². The molecule has 3 rings (SSSR count). The molecule has 4 nitrogen and oxygen atoms in total. The summed E-state index contributed by atoms with van der Waals surface area (Å²) in [5, 5.41) is 4.73. The molecule has 128 valence electrons. The summed E-state index contributed by atoms with van der Waals surface area (Å²) in [5.41, 5.74) is 5.16. The molecule has 2 aromatic carbocycles. The molecule has 0 saturated heterocycles. The van der Waals surface area contributed by atoms with E-state index in [2.05, 4.69) is 31.4 Å². The van der Waals surface area contributed by atoms with Crippen LogP contribution in [0.3, 0.4) is 0 Å². The second kappa shape index (κ2) is 7.76. The van der Waals surface area contributed by atoms with Gasteiger partial charge in [0.2, 0.25) is 5.13 Å². The number of aromatic nitrogens is 1. The molecule has 1 aromatic heterocycles. The largest absolute Gasteiger partial charge is 0.497 e. The van der Waals surface area contributed by atoms with Crippen LogP contribution in [-0.4, -0.2) is 18.3 Å². The van der Waals surface area contributed by atoms with Crippen molar-refractivity contribution in [3.8, 4) is 17.0 Å². The Hall–Kier alpha value is -2.25. The highest BCUT2D eigenvalue weighted by Gasteiger charge is 2.09. The van der Waals surface area contributed by atoms with Gasteiger partial charge in [0.1, 0.15) is 11.6 Å². The number of thiazole rings is 1. The fourth-order valence-electron chi connectivity index (χ4n) is 2.22. The number of halogens is 2. The van der Waals surface area contributed by atoms with Gasteiger partial charge in [-0.3, -0.25) is 5.43 Å². The molecule has 3 aromatic rings. The number of ether oxygens (including phenoxy) is 1. The van der Waals surface area contributed by atoms with Gasteiger partial charge in [-0.05, 0) is 49.4 Å². The molecular weight excluding hydrogens is 405 g/mol. The van der Waals surface area contributed by atoms with Crippen LogP contribution in [0.4, 0.5) is 9.52 Å². The number of hydrogen-bond acceptors (Lipinski definition) is 5. The van der Waals surface area contributed by atoms with E-state index >= 15 is 0 Å². The summed E-state index contributed by atoms with van der Waals surface area (Å²) in [6, 6.07) is 12.5. The van der Waals surface area contributed by atoms with Gasteiger partial charge < -0.3 is 4.74 Å². The minimum atomic E-state index is -0.339. The van der Waals surface area contributed by atoms with E-state index in [9.17, 15) is 4.39 Å². The monoisotopic (exact) mass is 419 g/mol. The van der Waals surface area contributed by atoms with Gasteiger partial charge in [-0.25, -0.2) is 9.37 Å². The smallest absolute Gasteiger partial charge is 0.204 e. The molecule has 1 heterocycles. The minimum absolute atomic E-state index is 0.339. The Morgan fingerprint density at radius 2 is 2.00 bits per heavy atom. The zero-order valence-corrected chi connectivity index (χ0v) is 16.0. The van der Waals surface area contributed by atoms with Gasteiger partial charge in [0.25, 0.3) is 0 Å². The highest BCUT2D eigenvalue weighted by atomic mass is 79.9. The van der Waals surface area contributed by atoms with Gasteiger partial charge in [-0.1, -0.05) is 15.9 Å². The van der Waals surface area contributed by atoms with E-state index in [0.29, 0.717) is 15.2 Å². The summed E-state index contributed by atoms with van der Waals surface area (Å²) in [7, 11) is 1.64. The van der Waals surface area contributed by atoms with Crippen molar-refractivity contribution < 1.29 is 9.13 Å². The van der Waals surface area contributed by atoms with Crippen LogP contribution in [0.2, 0.25) is 0 Å². The quantitative estimate of drug-likeness (QED) is 0.440. The molecule has 0 atom stereocenters. The van der Waals surface area contributed by atoms with E-state index in [1.807, 2.05) is 31.2 Å². The zero-order chi connectivity index (χ0) is 17.8. The zero-order valence-electron chi connectivity index (χ0n) is 13.6. The van der Waals surface area contributed by atoms with E-state index in [4.69, 9.17) is 4.74 Å². The number of aryl methyl sites for hydroxylation is 1. The first-order valence-electron chi connectivity index (χ1n) is 7.43. The summed E-state index contributed by atoms with van der Waals surface area (Å²) in [5.74, 6) is 0.463. The third-order valence-electron chi connectivity index (χ3n) is 3.49. The summed E-state index contributed by atoms with van der Waals surface area (Å²) in [4.78, 5) is 5.62. The first kappa shape index (κ1) is 17.6. The summed E-state index contributed by atoms with van der Waals surface area (Å²) in [6.07, 6.45) is 1.44. The topological polar surface area (TPSA) is 46.5 Å². The number of methoxy groups -OCH3 is 1. The molecule has 0 aliphatic heterocycles. The standard InChI is InChI=1S/C18H15BrFN3OS/c1-11-17(12-4-7-15(24-2)8-5-12)22-18(25-11)23-21-10-13-3-6-14(19)9-16(13)20/h3-10H,1-2H3,(H,22,23)/b21-10-. The second-order valence-corrected chi connectivity index (χ2v) is 7.31. The molecule has 1 N–H and O–H groups in total. The molecule has 0 spiro atoms. The molecule has 0 saturated carbocycles. The van der Waals surface area contributed by atoms with E-state index in [-0.39, 0.29) is 5.82 Å². The molecule has 0 aliphatic carbocycles. The summed E-state index contributed by atoms with van der Waals surface area (Å²) < 4.78 is 19.6. The Balaban J connectivity index is 1.74. The first-order chi connectivity index (χ1) is 12.1. The fourth-order valence-corrected chi connectivity index (χ4v) is 3.34. The van der Waals surface area contributed by atoms with Crippen molar-refractivity contribution >= 4 is 38.6 Å². The van der Waals surface area contributed by atoms with Crippen LogP contribution in [0.25, 0.3) is 11.3 Å². The molecule has 0 radical (unpaired) electrons. The SMILES string of the molecule is COc1ccc(-c2nc(N/N=C\c3ccc(Br)cc3F)sc2C)cc1. The number of hydrazone groups is 1. The summed E-state index contributed by atoms with van der Waals surface area (Å²) in [6.45, 7) is 2.00. The third kappa shape index (κ3) is 4.24. The van der Waals surface area contributed by atoms with Gasteiger partial charge in [0, 0.05) is 20.5 Å². The molecule has 0 fully saturated rings. The van der Waals surface area contributed by atoms with Crippen molar-refractivity contribution in [2.45, 2.75) is 6.92 Å². The lowest BCUT2D eigenvalue weighted by Gasteiger charge is -2.01. The Morgan fingerprint density at radius 3 is 2.68 bits per heavy atom. The second-order valence-electron chi connectivity index (χ2n) is 5.19. The van der Waals surface area contributed by atoms with Gasteiger partial charge >= 0.3 is 0 Å². The first-order valence-corrected chi connectivity index (χ1v) is 9.04. The van der Waals surface area contributed by atoms with Crippen molar-refractivity contribution in [3.63, 3.8) is 0 Å². The van der Waals surface area contributed by atoms with Gasteiger partial charge in [0.05, 0.1) is 19.0 Å². The van der Waals surface area contributed by atoms with Crippen LogP contribution in [0.5, 0.6) is 5.75 Å². The third-order valence-corrected chi connectivity index (χ3v) is 4.86. The van der Waals surface area contributed by atoms with Crippen LogP contribution in [0.1, 0.15) is 10.4 Å². The normalized spacial score (nSPS) is 11.0. The summed E-state index contributed by atoms with van der Waals surface area (Å²) >= 11 is 4.72. The van der Waals surface area contributed by atoms with Crippen LogP contribution < -0.4 is 10.2 Å². The highest BCUT2D eigenvalue weighted by Crippen LogP contribution is 2.31. The Bertz CT molecular complexity index is 909. The van der Waals surface area contributed by atoms with E-state index in [0.717, 1.165) is 21.9 Å². The lowest BCUT2D eigenvalue weighted by Crippen LogP contribution is -1.93. The Morgan fingerprint density at radius 1 is 1.24 bits per heavy atom.